The second-order valence-electron chi connectivity index (χ2n) is 6.25. The van der Waals surface area contributed by atoms with E-state index < -0.39 is 0 Å². The number of thioether (sulfide) groups is 1. The van der Waals surface area contributed by atoms with E-state index in [-0.39, 0.29) is 12.0 Å². The van der Waals surface area contributed by atoms with E-state index in [0.717, 1.165) is 25.0 Å². The fraction of sp³-hybridized carbons (Fsp3) is 0.263. The molecule has 1 aromatic carbocycles. The number of rotatable bonds is 4. The van der Waals surface area contributed by atoms with Gasteiger partial charge in [-0.05, 0) is 43.2 Å². The summed E-state index contributed by atoms with van der Waals surface area (Å²) in [5.41, 5.74) is 0.742. The predicted octanol–water partition coefficient (Wildman–Crippen LogP) is 5.63. The van der Waals surface area contributed by atoms with Crippen molar-refractivity contribution in [3.05, 3.63) is 51.0 Å². The molecule has 1 amide bonds. The molecule has 0 saturated carbocycles. The molecule has 2 aromatic rings. The number of benzene rings is 1. The van der Waals surface area contributed by atoms with Crippen molar-refractivity contribution in [2.75, 3.05) is 13.2 Å². The van der Waals surface area contributed by atoms with E-state index in [2.05, 4.69) is 0 Å². The van der Waals surface area contributed by atoms with Crippen LogP contribution in [0.1, 0.15) is 18.6 Å². The van der Waals surface area contributed by atoms with Crippen LogP contribution in [0.25, 0.3) is 17.4 Å². The Labute approximate surface area is 176 Å². The number of carbonyl (C=O) groups excluding carboxylic acids is 1. The average Bonchev–Trinajstić information content (AvgIpc) is 3.34. The Hall–Kier alpha value is -1.31. The lowest BCUT2D eigenvalue weighted by atomic mass is 10.2. The smallest absolute Gasteiger partial charge is 0.266 e. The van der Waals surface area contributed by atoms with Crippen LogP contribution in [0.3, 0.4) is 0 Å². The number of hydrogen-bond donors (Lipinski definition) is 0. The molecule has 0 unspecified atom stereocenters. The van der Waals surface area contributed by atoms with Crippen molar-refractivity contribution >= 4 is 63.5 Å². The Morgan fingerprint density at radius 3 is 2.89 bits per heavy atom. The zero-order valence-corrected chi connectivity index (χ0v) is 17.3. The predicted molar refractivity (Wildman–Crippen MR) is 113 cm³/mol. The second-order valence-corrected chi connectivity index (χ2v) is 8.77. The lowest BCUT2D eigenvalue weighted by molar-refractivity contribution is -0.123. The number of furan rings is 1. The number of hydrogen-bond acceptors (Lipinski definition) is 5. The summed E-state index contributed by atoms with van der Waals surface area (Å²) >= 11 is 18.8. The third kappa shape index (κ3) is 4.10. The molecule has 0 aliphatic carbocycles. The van der Waals surface area contributed by atoms with Gasteiger partial charge in [0.15, 0.2) is 0 Å². The summed E-state index contributed by atoms with van der Waals surface area (Å²) < 4.78 is 12.0. The Bertz CT molecular complexity index is 935. The molecule has 2 saturated heterocycles. The van der Waals surface area contributed by atoms with Gasteiger partial charge in [-0.3, -0.25) is 9.69 Å². The van der Waals surface area contributed by atoms with Crippen molar-refractivity contribution in [3.63, 3.8) is 0 Å². The Balaban J connectivity index is 1.53. The van der Waals surface area contributed by atoms with Crippen LogP contribution in [0.15, 0.2) is 39.7 Å². The van der Waals surface area contributed by atoms with Gasteiger partial charge in [-0.1, -0.05) is 47.2 Å². The normalized spacial score (nSPS) is 21.6. The molecule has 2 fully saturated rings. The molecule has 2 aliphatic heterocycles. The minimum Gasteiger partial charge on any atom is -0.457 e. The number of amides is 1. The van der Waals surface area contributed by atoms with Crippen molar-refractivity contribution in [3.8, 4) is 11.3 Å². The van der Waals surface area contributed by atoms with Gasteiger partial charge in [0.1, 0.15) is 15.8 Å². The van der Waals surface area contributed by atoms with E-state index >= 15 is 0 Å². The molecular formula is C19H15Cl2NO3S2. The third-order valence-corrected chi connectivity index (χ3v) is 6.31. The maximum atomic E-state index is 12.7. The van der Waals surface area contributed by atoms with Crippen molar-refractivity contribution < 1.29 is 13.9 Å². The first-order valence-electron chi connectivity index (χ1n) is 8.43. The standard InChI is InChI=1S/C19H15Cl2NO3S2/c20-11-3-5-14(15(21)8-11)16-6-4-12(25-16)9-17-18(23)22(19(26)27-17)10-13-2-1-7-24-13/h3-6,8-9,13H,1-2,7,10H2/b17-9+/t13-/m1/s1. The highest BCUT2D eigenvalue weighted by Gasteiger charge is 2.34. The van der Waals surface area contributed by atoms with Crippen LogP contribution in [0.4, 0.5) is 0 Å². The van der Waals surface area contributed by atoms with Gasteiger partial charge in [0, 0.05) is 23.3 Å². The Morgan fingerprint density at radius 2 is 2.15 bits per heavy atom. The molecule has 3 heterocycles. The Morgan fingerprint density at radius 1 is 1.30 bits per heavy atom. The maximum absolute atomic E-state index is 12.7. The summed E-state index contributed by atoms with van der Waals surface area (Å²) in [7, 11) is 0. The monoisotopic (exact) mass is 439 g/mol. The van der Waals surface area contributed by atoms with Gasteiger partial charge in [0.05, 0.1) is 22.6 Å². The van der Waals surface area contributed by atoms with Crippen LogP contribution in [0.5, 0.6) is 0 Å². The van der Waals surface area contributed by atoms with E-state index in [1.165, 1.54) is 11.8 Å². The van der Waals surface area contributed by atoms with Crippen LogP contribution >= 0.6 is 47.2 Å². The lowest BCUT2D eigenvalue weighted by Crippen LogP contribution is -2.35. The van der Waals surface area contributed by atoms with E-state index in [1.54, 1.807) is 35.2 Å². The molecule has 8 heteroatoms. The molecule has 0 radical (unpaired) electrons. The summed E-state index contributed by atoms with van der Waals surface area (Å²) in [5.74, 6) is 1.06. The summed E-state index contributed by atoms with van der Waals surface area (Å²) in [6, 6.07) is 8.83. The average molecular weight is 440 g/mol. The maximum Gasteiger partial charge on any atom is 0.266 e. The highest BCUT2D eigenvalue weighted by Crippen LogP contribution is 2.36. The zero-order chi connectivity index (χ0) is 19.0. The summed E-state index contributed by atoms with van der Waals surface area (Å²) in [6.45, 7) is 1.25. The molecule has 140 valence electrons. The van der Waals surface area contributed by atoms with Crippen molar-refractivity contribution in [2.45, 2.75) is 18.9 Å². The summed E-state index contributed by atoms with van der Waals surface area (Å²) in [6.07, 6.45) is 3.76. The quantitative estimate of drug-likeness (QED) is 0.455. The van der Waals surface area contributed by atoms with Gasteiger partial charge in [-0.15, -0.1) is 0 Å². The molecule has 0 spiro atoms. The number of carbonyl (C=O) groups is 1. The molecule has 4 nitrogen and oxygen atoms in total. The molecule has 1 atom stereocenters. The van der Waals surface area contributed by atoms with Gasteiger partial charge in [0.2, 0.25) is 0 Å². The highest BCUT2D eigenvalue weighted by molar-refractivity contribution is 8.26. The molecule has 0 N–H and O–H groups in total. The third-order valence-electron chi connectivity index (χ3n) is 4.38. The van der Waals surface area contributed by atoms with Crippen LogP contribution in [0.2, 0.25) is 10.0 Å². The fourth-order valence-corrected chi connectivity index (χ4v) is 4.80. The fourth-order valence-electron chi connectivity index (χ4n) is 3.04. The van der Waals surface area contributed by atoms with Crippen molar-refractivity contribution in [2.24, 2.45) is 0 Å². The molecular weight excluding hydrogens is 425 g/mol. The molecule has 1 aromatic heterocycles. The van der Waals surface area contributed by atoms with Gasteiger partial charge in [-0.25, -0.2) is 0 Å². The first kappa shape index (κ1) is 19.0. The number of thiocarbonyl (C=S) groups is 1. The summed E-state index contributed by atoms with van der Waals surface area (Å²) in [4.78, 5) is 14.8. The zero-order valence-electron chi connectivity index (χ0n) is 14.1. The Kier molecular flexibility index (Phi) is 5.62. The molecule has 27 heavy (non-hydrogen) atoms. The highest BCUT2D eigenvalue weighted by atomic mass is 35.5. The first-order valence-corrected chi connectivity index (χ1v) is 10.4. The minimum absolute atomic E-state index is 0.0640. The van der Waals surface area contributed by atoms with Crippen molar-refractivity contribution in [1.29, 1.82) is 0 Å². The lowest BCUT2D eigenvalue weighted by Gasteiger charge is -2.18. The largest absolute Gasteiger partial charge is 0.457 e. The molecule has 4 rings (SSSR count). The number of ether oxygens (including phenoxy) is 1. The van der Waals surface area contributed by atoms with E-state index in [1.807, 2.05) is 6.07 Å². The van der Waals surface area contributed by atoms with Crippen LogP contribution in [0, 0.1) is 0 Å². The van der Waals surface area contributed by atoms with Gasteiger partial charge >= 0.3 is 0 Å². The molecule has 0 bridgehead atoms. The van der Waals surface area contributed by atoms with Crippen LogP contribution in [-0.2, 0) is 9.53 Å². The topological polar surface area (TPSA) is 42.7 Å². The van der Waals surface area contributed by atoms with Gasteiger partial charge < -0.3 is 9.15 Å². The minimum atomic E-state index is -0.108. The number of nitrogens with zero attached hydrogens (tertiary/aromatic N) is 1. The van der Waals surface area contributed by atoms with E-state index in [0.29, 0.717) is 37.3 Å². The SMILES string of the molecule is O=C1/C(=C\c2ccc(-c3ccc(Cl)cc3Cl)o2)SC(=S)N1C[C@H]1CCCO1. The number of halogens is 2. The summed E-state index contributed by atoms with van der Waals surface area (Å²) in [5, 5.41) is 1.07. The second kappa shape index (κ2) is 7.97. The van der Waals surface area contributed by atoms with Crippen molar-refractivity contribution in [1.82, 2.24) is 4.90 Å². The first-order chi connectivity index (χ1) is 13.0. The van der Waals surface area contributed by atoms with Crippen LogP contribution < -0.4 is 0 Å². The van der Waals surface area contributed by atoms with Gasteiger partial charge in [0.25, 0.3) is 5.91 Å². The van der Waals surface area contributed by atoms with E-state index in [4.69, 9.17) is 44.6 Å². The molecule has 2 aliphatic rings. The van der Waals surface area contributed by atoms with Gasteiger partial charge in [-0.2, -0.15) is 0 Å². The van der Waals surface area contributed by atoms with Crippen LogP contribution in [-0.4, -0.2) is 34.4 Å². The van der Waals surface area contributed by atoms with E-state index in [9.17, 15) is 4.79 Å².